The number of para-hydroxylation sites is 1. The van der Waals surface area contributed by atoms with Crippen LogP contribution in [0.4, 0.5) is 5.69 Å². The van der Waals surface area contributed by atoms with Gasteiger partial charge in [-0.3, -0.25) is 4.31 Å². The zero-order valence-corrected chi connectivity index (χ0v) is 12.3. The summed E-state index contributed by atoms with van der Waals surface area (Å²) < 4.78 is 33.6. The lowest BCUT2D eigenvalue weighted by Crippen LogP contribution is -2.50. The molecule has 1 fully saturated rings. The molecule has 7 nitrogen and oxygen atoms in total. The molecule has 0 atom stereocenters. The highest BCUT2D eigenvalue weighted by molar-refractivity contribution is 7.90. The predicted molar refractivity (Wildman–Crippen MR) is 78.0 cm³/mol. The van der Waals surface area contributed by atoms with Gasteiger partial charge in [0.1, 0.15) is 0 Å². The van der Waals surface area contributed by atoms with E-state index in [9.17, 15) is 8.42 Å². The van der Waals surface area contributed by atoms with Gasteiger partial charge in [-0.15, -0.1) is 0 Å². The summed E-state index contributed by atoms with van der Waals surface area (Å²) in [5, 5.41) is 12.3. The third-order valence-electron chi connectivity index (χ3n) is 3.73. The predicted octanol–water partition coefficient (Wildman–Crippen LogP) is 0.652. The molecule has 2 heterocycles. The molecular weight excluding hydrogens is 294 g/mol. The molecule has 0 aromatic heterocycles. The number of nitrogens with zero attached hydrogens (tertiary/aromatic N) is 3. The van der Waals surface area contributed by atoms with E-state index in [1.165, 1.54) is 8.61 Å². The van der Waals surface area contributed by atoms with Crippen LogP contribution in [0.25, 0.3) is 0 Å². The Morgan fingerprint density at radius 2 is 1.86 bits per heavy atom. The van der Waals surface area contributed by atoms with Gasteiger partial charge in [-0.2, -0.15) is 12.7 Å². The van der Waals surface area contributed by atoms with E-state index < -0.39 is 10.2 Å². The van der Waals surface area contributed by atoms with Gasteiger partial charge < -0.3 is 9.94 Å². The zero-order chi connectivity index (χ0) is 14.9. The Morgan fingerprint density at radius 3 is 2.57 bits per heavy atom. The normalized spacial score (nSPS) is 22.3. The van der Waals surface area contributed by atoms with Crippen molar-refractivity contribution in [3.05, 3.63) is 29.8 Å². The van der Waals surface area contributed by atoms with Crippen molar-refractivity contribution in [2.75, 3.05) is 37.2 Å². The Bertz CT molecular complexity index is 653. The Balaban J connectivity index is 1.99. The van der Waals surface area contributed by atoms with Crippen LogP contribution in [0, 0.1) is 0 Å². The maximum Gasteiger partial charge on any atom is 0.304 e. The fourth-order valence-corrected chi connectivity index (χ4v) is 4.28. The Morgan fingerprint density at radius 1 is 1.14 bits per heavy atom. The van der Waals surface area contributed by atoms with Gasteiger partial charge >= 0.3 is 10.2 Å². The highest BCUT2D eigenvalue weighted by atomic mass is 32.2. The van der Waals surface area contributed by atoms with Gasteiger partial charge in [-0.05, 0) is 6.07 Å². The maximum atomic E-state index is 12.8. The number of anilines is 1. The van der Waals surface area contributed by atoms with Crippen LogP contribution in [0.2, 0.25) is 0 Å². The number of rotatable bonds is 2. The van der Waals surface area contributed by atoms with Crippen LogP contribution in [0.1, 0.15) is 12.0 Å². The summed E-state index contributed by atoms with van der Waals surface area (Å²) in [5.74, 6) is 0. The van der Waals surface area contributed by atoms with Crippen LogP contribution >= 0.6 is 0 Å². The molecule has 3 rings (SSSR count). The van der Waals surface area contributed by atoms with E-state index in [1.807, 2.05) is 0 Å². The average Bonchev–Trinajstić information content (AvgIpc) is 2.54. The molecule has 1 saturated heterocycles. The number of hydrogen-bond acceptors (Lipinski definition) is 5. The molecule has 1 N–H and O–H groups in total. The first kappa shape index (κ1) is 14.3. The first-order valence-corrected chi connectivity index (χ1v) is 8.20. The van der Waals surface area contributed by atoms with Gasteiger partial charge in [-0.1, -0.05) is 23.4 Å². The molecule has 1 aromatic carbocycles. The van der Waals surface area contributed by atoms with Gasteiger partial charge in [0.25, 0.3) is 0 Å². The van der Waals surface area contributed by atoms with E-state index in [1.54, 1.807) is 24.3 Å². The molecule has 2 aliphatic rings. The molecule has 0 unspecified atom stereocenters. The van der Waals surface area contributed by atoms with Crippen molar-refractivity contribution in [3.8, 4) is 0 Å². The molecule has 114 valence electrons. The van der Waals surface area contributed by atoms with Crippen molar-refractivity contribution in [1.82, 2.24) is 4.31 Å². The zero-order valence-electron chi connectivity index (χ0n) is 11.5. The summed E-state index contributed by atoms with van der Waals surface area (Å²) >= 11 is 0. The molecule has 0 radical (unpaired) electrons. The van der Waals surface area contributed by atoms with Crippen LogP contribution in [-0.4, -0.2) is 56.5 Å². The molecule has 2 aliphatic heterocycles. The van der Waals surface area contributed by atoms with Gasteiger partial charge in [-0.25, -0.2) is 0 Å². The van der Waals surface area contributed by atoms with Gasteiger partial charge in [0, 0.05) is 31.6 Å². The van der Waals surface area contributed by atoms with Crippen molar-refractivity contribution >= 4 is 21.6 Å². The lowest BCUT2D eigenvalue weighted by Gasteiger charge is -2.36. The van der Waals surface area contributed by atoms with Crippen molar-refractivity contribution in [1.29, 1.82) is 0 Å². The molecule has 21 heavy (non-hydrogen) atoms. The van der Waals surface area contributed by atoms with Gasteiger partial charge in [0.05, 0.1) is 24.6 Å². The lowest BCUT2D eigenvalue weighted by atomic mass is 10.0. The molecule has 0 saturated carbocycles. The maximum absolute atomic E-state index is 12.8. The topological polar surface area (TPSA) is 82.4 Å². The third-order valence-corrected chi connectivity index (χ3v) is 5.68. The van der Waals surface area contributed by atoms with Crippen LogP contribution in [-0.2, 0) is 14.9 Å². The van der Waals surface area contributed by atoms with E-state index in [-0.39, 0.29) is 6.54 Å². The van der Waals surface area contributed by atoms with E-state index in [4.69, 9.17) is 9.94 Å². The second-order valence-corrected chi connectivity index (χ2v) is 6.76. The number of oxime groups is 1. The molecule has 0 bridgehead atoms. The van der Waals surface area contributed by atoms with Gasteiger partial charge in [0.2, 0.25) is 0 Å². The largest absolute Gasteiger partial charge is 0.411 e. The minimum absolute atomic E-state index is 0.274. The van der Waals surface area contributed by atoms with Crippen LogP contribution in [0.5, 0.6) is 0 Å². The highest BCUT2D eigenvalue weighted by Crippen LogP contribution is 2.30. The molecule has 8 heteroatoms. The van der Waals surface area contributed by atoms with Gasteiger partial charge in [0.15, 0.2) is 0 Å². The first-order valence-electron chi connectivity index (χ1n) is 6.80. The SMILES string of the molecule is O=S(=O)(N1CCOCC1)N1CCC(=NO)c2ccccc21. The van der Waals surface area contributed by atoms with Crippen molar-refractivity contribution in [2.24, 2.45) is 5.16 Å². The quantitative estimate of drug-likeness (QED) is 0.642. The Kier molecular flexibility index (Phi) is 3.83. The van der Waals surface area contributed by atoms with E-state index >= 15 is 0 Å². The summed E-state index contributed by atoms with van der Waals surface area (Å²) in [6.45, 7) is 1.83. The Labute approximate surface area is 123 Å². The lowest BCUT2D eigenvalue weighted by molar-refractivity contribution is 0.0729. The highest BCUT2D eigenvalue weighted by Gasteiger charge is 2.35. The average molecular weight is 311 g/mol. The summed E-state index contributed by atoms with van der Waals surface area (Å²) in [7, 11) is -3.58. The third kappa shape index (κ3) is 2.50. The summed E-state index contributed by atoms with van der Waals surface area (Å²) in [6.07, 6.45) is 0.386. The van der Waals surface area contributed by atoms with E-state index in [2.05, 4.69) is 5.16 Å². The molecule has 0 amide bonds. The number of benzene rings is 1. The summed E-state index contributed by atoms with van der Waals surface area (Å²) in [6, 6.07) is 7.08. The van der Waals surface area contributed by atoms with Crippen LogP contribution in [0.15, 0.2) is 29.4 Å². The van der Waals surface area contributed by atoms with Crippen molar-refractivity contribution in [2.45, 2.75) is 6.42 Å². The van der Waals surface area contributed by atoms with E-state index in [0.29, 0.717) is 49.7 Å². The van der Waals surface area contributed by atoms with Crippen molar-refractivity contribution < 1.29 is 18.4 Å². The minimum Gasteiger partial charge on any atom is -0.411 e. The fourth-order valence-electron chi connectivity index (χ4n) is 2.66. The molecule has 1 aromatic rings. The number of fused-ring (bicyclic) bond motifs is 1. The van der Waals surface area contributed by atoms with Crippen LogP contribution in [0.3, 0.4) is 0 Å². The minimum atomic E-state index is -3.58. The molecule has 0 aliphatic carbocycles. The smallest absolute Gasteiger partial charge is 0.304 e. The number of ether oxygens (including phenoxy) is 1. The summed E-state index contributed by atoms with van der Waals surface area (Å²) in [5.41, 5.74) is 1.73. The standard InChI is InChI=1S/C13H17N3O4S/c17-14-12-5-6-16(13-4-2-1-3-11(12)13)21(18,19)15-7-9-20-10-8-15/h1-4,17H,5-10H2. The van der Waals surface area contributed by atoms with Crippen molar-refractivity contribution in [3.63, 3.8) is 0 Å². The van der Waals surface area contributed by atoms with Crippen LogP contribution < -0.4 is 4.31 Å². The second-order valence-electron chi connectivity index (χ2n) is 4.91. The monoisotopic (exact) mass is 311 g/mol. The first-order chi connectivity index (χ1) is 10.1. The molecular formula is C13H17N3O4S. The second kappa shape index (κ2) is 5.63. The number of hydrogen-bond donors (Lipinski definition) is 1. The fraction of sp³-hybridized carbons (Fsp3) is 0.462. The summed E-state index contributed by atoms with van der Waals surface area (Å²) in [4.78, 5) is 0. The molecule has 0 spiro atoms. The number of morpholine rings is 1. The van der Waals surface area contributed by atoms with E-state index in [0.717, 1.165) is 0 Å². The Hall–Kier alpha value is -1.64.